The van der Waals surface area contributed by atoms with Crippen LogP contribution in [0, 0.1) is 0 Å². The first-order valence-corrected chi connectivity index (χ1v) is 9.84. The van der Waals surface area contributed by atoms with Crippen LogP contribution < -0.4 is 17.0 Å². The second-order valence-electron chi connectivity index (χ2n) is 7.43. The minimum atomic E-state index is -0.623. The predicted molar refractivity (Wildman–Crippen MR) is 110 cm³/mol. The number of carbonyl (C=O) groups is 1. The zero-order valence-corrected chi connectivity index (χ0v) is 16.6. The van der Waals surface area contributed by atoms with Crippen molar-refractivity contribution in [2.75, 3.05) is 18.8 Å². The molecule has 0 spiro atoms. The molecule has 2 heterocycles. The summed E-state index contributed by atoms with van der Waals surface area (Å²) >= 11 is 0. The monoisotopic (exact) mass is 384 g/mol. The molecule has 3 rings (SSSR count). The lowest BCUT2D eigenvalue weighted by Gasteiger charge is -2.34. The van der Waals surface area contributed by atoms with E-state index < -0.39 is 11.2 Å². The van der Waals surface area contributed by atoms with Crippen LogP contribution in [0.2, 0.25) is 0 Å². The average Bonchev–Trinajstić information content (AvgIpc) is 2.71. The number of likely N-dealkylation sites (tertiary alicyclic amines) is 1. The number of rotatable bonds is 6. The minimum absolute atomic E-state index is 0.0491. The summed E-state index contributed by atoms with van der Waals surface area (Å²) in [6.45, 7) is 3.32. The fourth-order valence-electron chi connectivity index (χ4n) is 3.96. The Morgan fingerprint density at radius 3 is 2.57 bits per heavy atom. The Labute approximate surface area is 164 Å². The molecule has 1 fully saturated rings. The number of aromatic nitrogens is 2. The highest BCUT2D eigenvalue weighted by molar-refractivity contribution is 6.01. The van der Waals surface area contributed by atoms with Crippen LogP contribution in [0.5, 0.6) is 0 Å². The third-order valence-corrected chi connectivity index (χ3v) is 5.61. The Morgan fingerprint density at radius 2 is 1.89 bits per heavy atom. The van der Waals surface area contributed by atoms with E-state index in [-0.39, 0.29) is 30.3 Å². The fraction of sp³-hybridized carbons (Fsp3) is 0.476. The quantitative estimate of drug-likeness (QED) is 0.765. The lowest BCUT2D eigenvalue weighted by molar-refractivity contribution is 0.0836. The molecule has 0 saturated carbocycles. The van der Waals surface area contributed by atoms with Crippen LogP contribution in [0.4, 0.5) is 5.82 Å². The zero-order valence-electron chi connectivity index (χ0n) is 16.6. The Bertz CT molecular complexity index is 962. The number of carbonyl (C=O) groups excluding carboxylic acids is 1. The largest absolute Gasteiger partial charge is 0.384 e. The van der Waals surface area contributed by atoms with Gasteiger partial charge in [-0.2, -0.15) is 0 Å². The number of piperidine rings is 1. The summed E-state index contributed by atoms with van der Waals surface area (Å²) < 4.78 is 2.28. The summed E-state index contributed by atoms with van der Waals surface area (Å²) in [5.74, 6) is -0.368. The topological polar surface area (TPSA) is 90.3 Å². The third-order valence-electron chi connectivity index (χ3n) is 5.61. The predicted octanol–water partition coefficient (Wildman–Crippen LogP) is 1.62. The smallest absolute Gasteiger partial charge is 0.332 e. The lowest BCUT2D eigenvalue weighted by Crippen LogP contribution is -2.46. The van der Waals surface area contributed by atoms with Crippen LogP contribution in [0.3, 0.4) is 0 Å². The summed E-state index contributed by atoms with van der Waals surface area (Å²) in [6.07, 6.45) is 4.24. The van der Waals surface area contributed by atoms with Gasteiger partial charge in [0, 0.05) is 13.1 Å². The molecule has 150 valence electrons. The van der Waals surface area contributed by atoms with Crippen LogP contribution in [0.15, 0.2) is 39.9 Å². The van der Waals surface area contributed by atoms with E-state index in [1.807, 2.05) is 30.3 Å². The summed E-state index contributed by atoms with van der Waals surface area (Å²) in [5, 5.41) is 0. The molecule has 0 radical (unpaired) electrons. The molecule has 1 aliphatic rings. The van der Waals surface area contributed by atoms with Crippen LogP contribution >= 0.6 is 0 Å². The van der Waals surface area contributed by atoms with Crippen LogP contribution in [-0.2, 0) is 13.6 Å². The summed E-state index contributed by atoms with van der Waals surface area (Å²) in [7, 11) is 1.39. The van der Waals surface area contributed by atoms with Crippen molar-refractivity contribution >= 4 is 11.6 Å². The molecule has 1 aromatic heterocycles. The first-order valence-electron chi connectivity index (χ1n) is 9.84. The Morgan fingerprint density at radius 1 is 1.18 bits per heavy atom. The Hall–Kier alpha value is -2.67. The first-order chi connectivity index (χ1) is 13.4. The normalized spacial score (nSPS) is 17.6. The maximum absolute atomic E-state index is 13.0. The lowest BCUT2D eigenvalue weighted by atomic mass is 9.99. The molecule has 1 atom stereocenters. The standard InChI is InChI=1S/C21H28N4O3/c1-3-16-11-7-8-12-24(16)14-17(26)18-19(22)25(21(28)23(2)20(18)27)13-15-9-5-4-6-10-15/h4-6,9-10,16H,3,7-8,11-14,22H2,1-2H3. The summed E-state index contributed by atoms with van der Waals surface area (Å²) in [6, 6.07) is 9.71. The van der Waals surface area contributed by atoms with Gasteiger partial charge in [0.15, 0.2) is 5.78 Å². The number of nitrogen functional groups attached to an aromatic ring is 1. The highest BCUT2D eigenvalue weighted by Crippen LogP contribution is 2.20. The van der Waals surface area contributed by atoms with Crippen molar-refractivity contribution in [1.82, 2.24) is 14.0 Å². The zero-order chi connectivity index (χ0) is 20.3. The fourth-order valence-corrected chi connectivity index (χ4v) is 3.96. The van der Waals surface area contributed by atoms with E-state index in [9.17, 15) is 14.4 Å². The van der Waals surface area contributed by atoms with Gasteiger partial charge in [0.25, 0.3) is 5.56 Å². The molecule has 28 heavy (non-hydrogen) atoms. The summed E-state index contributed by atoms with van der Waals surface area (Å²) in [4.78, 5) is 40.5. The number of hydrogen-bond donors (Lipinski definition) is 1. The number of ketones is 1. The molecule has 2 N–H and O–H groups in total. The van der Waals surface area contributed by atoms with Gasteiger partial charge in [-0.3, -0.25) is 23.6 Å². The molecule has 1 aliphatic heterocycles. The number of hydrogen-bond acceptors (Lipinski definition) is 5. The second kappa shape index (κ2) is 8.56. The van der Waals surface area contributed by atoms with E-state index in [1.165, 1.54) is 11.6 Å². The molecule has 7 heteroatoms. The van der Waals surface area contributed by atoms with E-state index in [1.54, 1.807) is 0 Å². The average molecular weight is 384 g/mol. The summed E-state index contributed by atoms with van der Waals surface area (Å²) in [5.41, 5.74) is 5.83. The number of benzene rings is 1. The first kappa shape index (κ1) is 20.1. The molecular formula is C21H28N4O3. The Balaban J connectivity index is 1.97. The van der Waals surface area contributed by atoms with Gasteiger partial charge in [-0.1, -0.05) is 43.7 Å². The molecular weight excluding hydrogens is 356 g/mol. The van der Waals surface area contributed by atoms with Crippen molar-refractivity contribution in [1.29, 1.82) is 0 Å². The SMILES string of the molecule is CCC1CCCCN1CC(=O)c1c(N)n(Cc2ccccc2)c(=O)n(C)c1=O. The van der Waals surface area contributed by atoms with Gasteiger partial charge >= 0.3 is 5.69 Å². The van der Waals surface area contributed by atoms with Crippen molar-refractivity contribution in [3.63, 3.8) is 0 Å². The van der Waals surface area contributed by atoms with E-state index in [0.717, 1.165) is 42.4 Å². The van der Waals surface area contributed by atoms with Crippen LogP contribution in [0.25, 0.3) is 0 Å². The molecule has 0 amide bonds. The van der Waals surface area contributed by atoms with E-state index in [4.69, 9.17) is 5.73 Å². The van der Waals surface area contributed by atoms with Crippen molar-refractivity contribution < 1.29 is 4.79 Å². The highest BCUT2D eigenvalue weighted by Gasteiger charge is 2.27. The number of Topliss-reactive ketones (excluding diaryl/α,β-unsaturated/α-hetero) is 1. The molecule has 2 aromatic rings. The molecule has 1 saturated heterocycles. The molecule has 1 aromatic carbocycles. The maximum atomic E-state index is 13.0. The van der Waals surface area contributed by atoms with Gasteiger partial charge in [-0.05, 0) is 31.4 Å². The third kappa shape index (κ3) is 3.94. The van der Waals surface area contributed by atoms with Gasteiger partial charge in [0.05, 0.1) is 13.1 Å². The van der Waals surface area contributed by atoms with Gasteiger partial charge in [-0.15, -0.1) is 0 Å². The van der Waals surface area contributed by atoms with Crippen LogP contribution in [-0.4, -0.2) is 38.9 Å². The Kier molecular flexibility index (Phi) is 6.14. The van der Waals surface area contributed by atoms with Crippen molar-refractivity contribution in [3.05, 3.63) is 62.3 Å². The van der Waals surface area contributed by atoms with Gasteiger partial charge in [-0.25, -0.2) is 4.79 Å². The molecule has 0 aliphatic carbocycles. The van der Waals surface area contributed by atoms with Crippen molar-refractivity contribution in [2.45, 2.75) is 45.2 Å². The molecule has 1 unspecified atom stereocenters. The molecule has 0 bridgehead atoms. The minimum Gasteiger partial charge on any atom is -0.384 e. The van der Waals surface area contributed by atoms with Crippen molar-refractivity contribution in [2.24, 2.45) is 7.05 Å². The highest BCUT2D eigenvalue weighted by atomic mass is 16.2. The van der Waals surface area contributed by atoms with Crippen LogP contribution in [0.1, 0.15) is 48.5 Å². The van der Waals surface area contributed by atoms with Gasteiger partial charge in [0.2, 0.25) is 0 Å². The van der Waals surface area contributed by atoms with Crippen molar-refractivity contribution in [3.8, 4) is 0 Å². The van der Waals surface area contributed by atoms with E-state index in [2.05, 4.69) is 11.8 Å². The van der Waals surface area contributed by atoms with E-state index >= 15 is 0 Å². The maximum Gasteiger partial charge on any atom is 0.332 e. The second-order valence-corrected chi connectivity index (χ2v) is 7.43. The van der Waals surface area contributed by atoms with E-state index in [0.29, 0.717) is 6.04 Å². The number of nitrogens with two attached hydrogens (primary N) is 1. The number of nitrogens with zero attached hydrogens (tertiary/aromatic N) is 3. The molecule has 7 nitrogen and oxygen atoms in total. The number of anilines is 1. The van der Waals surface area contributed by atoms with Gasteiger partial charge in [0.1, 0.15) is 11.4 Å². The van der Waals surface area contributed by atoms with Gasteiger partial charge < -0.3 is 5.73 Å².